The van der Waals surface area contributed by atoms with Gasteiger partial charge in [-0.05, 0) is 47.5 Å². The van der Waals surface area contributed by atoms with E-state index in [2.05, 4.69) is 26.3 Å². The van der Waals surface area contributed by atoms with Gasteiger partial charge in [0.05, 0.1) is 11.9 Å². The Bertz CT molecular complexity index is 504. The van der Waals surface area contributed by atoms with Gasteiger partial charge in [-0.2, -0.15) is 5.10 Å². The Morgan fingerprint density at radius 2 is 2.00 bits per heavy atom. The Balaban J connectivity index is 1.74. The maximum Gasteiger partial charge on any atom is 0.283 e. The maximum atomic E-state index is 12.2. The number of aromatic nitrogens is 2. The van der Waals surface area contributed by atoms with E-state index < -0.39 is 0 Å². The van der Waals surface area contributed by atoms with Crippen molar-refractivity contribution in [1.82, 2.24) is 9.78 Å². The summed E-state index contributed by atoms with van der Waals surface area (Å²) in [5, 5.41) is 7.76. The van der Waals surface area contributed by atoms with Crippen LogP contribution >= 0.6 is 15.9 Å². The quantitative estimate of drug-likeness (QED) is 0.924. The van der Waals surface area contributed by atoms with E-state index in [0.29, 0.717) is 16.4 Å². The lowest BCUT2D eigenvalue weighted by Gasteiger charge is -2.24. The third-order valence-corrected chi connectivity index (χ3v) is 4.84. The smallest absolute Gasteiger partial charge is 0.283 e. The molecule has 0 radical (unpaired) electrons. The van der Waals surface area contributed by atoms with Gasteiger partial charge in [-0.25, -0.2) is 4.68 Å². The maximum absolute atomic E-state index is 12.2. The van der Waals surface area contributed by atoms with Crippen LogP contribution in [0.2, 0.25) is 0 Å². The summed E-state index contributed by atoms with van der Waals surface area (Å²) >= 11 is 3.43. The minimum Gasteiger partial charge on any atom is -0.380 e. The second-order valence-electron chi connectivity index (χ2n) is 5.78. The van der Waals surface area contributed by atoms with Crippen LogP contribution in [0.25, 0.3) is 0 Å². The summed E-state index contributed by atoms with van der Waals surface area (Å²) in [6, 6.07) is 0.491. The molecule has 4 nitrogen and oxygen atoms in total. The summed E-state index contributed by atoms with van der Waals surface area (Å²) in [5.74, 6) is 0.661. The summed E-state index contributed by atoms with van der Waals surface area (Å²) in [4.78, 5) is 12.2. The molecule has 2 fully saturated rings. The molecular weight excluding hydrogens is 306 g/mol. The number of hydrogen-bond donors (Lipinski definition) is 1. The molecule has 1 aromatic rings. The third kappa shape index (κ3) is 3.19. The van der Waals surface area contributed by atoms with Gasteiger partial charge < -0.3 is 5.32 Å². The number of anilines is 1. The largest absolute Gasteiger partial charge is 0.380 e. The van der Waals surface area contributed by atoms with Crippen LogP contribution in [0, 0.1) is 5.92 Å². The van der Waals surface area contributed by atoms with Crippen molar-refractivity contribution in [3.63, 3.8) is 0 Å². The minimum atomic E-state index is -0.00675. The van der Waals surface area contributed by atoms with Gasteiger partial charge in [0.2, 0.25) is 0 Å². The zero-order chi connectivity index (χ0) is 13.2. The lowest BCUT2D eigenvalue weighted by Crippen LogP contribution is -2.28. The second-order valence-corrected chi connectivity index (χ2v) is 6.58. The number of halogens is 1. The Hall–Kier alpha value is -0.840. The van der Waals surface area contributed by atoms with Crippen LogP contribution in [0.3, 0.4) is 0 Å². The fourth-order valence-electron chi connectivity index (χ4n) is 2.71. The molecule has 2 saturated carbocycles. The predicted molar refractivity (Wildman–Crippen MR) is 79.4 cm³/mol. The standard InChI is InChI=1S/C14H20BrN3O/c15-13-12(17-11-4-2-1-3-5-11)8-16-18(14(13)19)9-10-6-7-10/h8,10-11,17H,1-7,9H2. The molecule has 1 aromatic heterocycles. The molecule has 1 N–H and O–H groups in total. The van der Waals surface area contributed by atoms with E-state index in [4.69, 9.17) is 0 Å². The summed E-state index contributed by atoms with van der Waals surface area (Å²) in [5.41, 5.74) is 0.844. The van der Waals surface area contributed by atoms with Crippen molar-refractivity contribution in [3.8, 4) is 0 Å². The normalized spacial score (nSPS) is 20.5. The van der Waals surface area contributed by atoms with Gasteiger partial charge in [0.25, 0.3) is 5.56 Å². The molecular formula is C14H20BrN3O. The van der Waals surface area contributed by atoms with Gasteiger partial charge >= 0.3 is 0 Å². The molecule has 3 rings (SSSR count). The SMILES string of the molecule is O=c1c(Br)c(NC2CCCCC2)cnn1CC1CC1. The van der Waals surface area contributed by atoms with Gasteiger partial charge in [0, 0.05) is 12.6 Å². The number of nitrogens with zero attached hydrogens (tertiary/aromatic N) is 2. The van der Waals surface area contributed by atoms with E-state index in [1.165, 1.54) is 44.9 Å². The van der Waals surface area contributed by atoms with E-state index in [0.717, 1.165) is 12.2 Å². The molecule has 2 aliphatic rings. The lowest BCUT2D eigenvalue weighted by molar-refractivity contribution is 0.461. The lowest BCUT2D eigenvalue weighted by atomic mass is 9.95. The fraction of sp³-hybridized carbons (Fsp3) is 0.714. The van der Waals surface area contributed by atoms with Gasteiger partial charge in [-0.15, -0.1) is 0 Å². The average Bonchev–Trinajstić information content (AvgIpc) is 3.24. The Morgan fingerprint density at radius 1 is 1.26 bits per heavy atom. The van der Waals surface area contributed by atoms with Crippen molar-refractivity contribution >= 4 is 21.6 Å². The third-order valence-electron chi connectivity index (χ3n) is 4.08. The molecule has 104 valence electrons. The molecule has 2 aliphatic carbocycles. The summed E-state index contributed by atoms with van der Waals surface area (Å²) in [6.45, 7) is 0.765. The summed E-state index contributed by atoms with van der Waals surface area (Å²) in [7, 11) is 0. The summed E-state index contributed by atoms with van der Waals surface area (Å²) < 4.78 is 2.22. The van der Waals surface area contributed by atoms with Gasteiger partial charge in [0.15, 0.2) is 0 Å². The van der Waals surface area contributed by atoms with Crippen LogP contribution in [0.5, 0.6) is 0 Å². The molecule has 0 saturated heterocycles. The molecule has 1 heterocycles. The number of hydrogen-bond acceptors (Lipinski definition) is 3. The first kappa shape index (κ1) is 13.2. The van der Waals surface area contributed by atoms with Gasteiger partial charge in [0.1, 0.15) is 4.47 Å². The van der Waals surface area contributed by atoms with E-state index in [-0.39, 0.29) is 5.56 Å². The van der Waals surface area contributed by atoms with Crippen LogP contribution in [0.1, 0.15) is 44.9 Å². The van der Waals surface area contributed by atoms with E-state index in [1.807, 2.05) is 0 Å². The molecule has 0 atom stereocenters. The molecule has 0 amide bonds. The van der Waals surface area contributed by atoms with E-state index in [9.17, 15) is 4.79 Å². The molecule has 0 aromatic carbocycles. The zero-order valence-corrected chi connectivity index (χ0v) is 12.7. The Labute approximate surface area is 121 Å². The molecule has 5 heteroatoms. The van der Waals surface area contributed by atoms with E-state index in [1.54, 1.807) is 10.9 Å². The first-order valence-corrected chi connectivity index (χ1v) is 8.05. The second kappa shape index (κ2) is 5.65. The van der Waals surface area contributed by atoms with Gasteiger partial charge in [-0.1, -0.05) is 19.3 Å². The Kier molecular flexibility index (Phi) is 3.91. The van der Waals surface area contributed by atoms with Crippen LogP contribution in [-0.2, 0) is 6.54 Å². The number of rotatable bonds is 4. The average molecular weight is 326 g/mol. The minimum absolute atomic E-state index is 0.00675. The topological polar surface area (TPSA) is 46.9 Å². The van der Waals surface area contributed by atoms with Crippen LogP contribution in [0.4, 0.5) is 5.69 Å². The van der Waals surface area contributed by atoms with Crippen molar-refractivity contribution in [2.24, 2.45) is 5.92 Å². The van der Waals surface area contributed by atoms with Crippen LogP contribution < -0.4 is 10.9 Å². The van der Waals surface area contributed by atoms with Gasteiger partial charge in [-0.3, -0.25) is 4.79 Å². The van der Waals surface area contributed by atoms with Crippen molar-refractivity contribution in [2.75, 3.05) is 5.32 Å². The highest BCUT2D eigenvalue weighted by atomic mass is 79.9. The first-order valence-electron chi connectivity index (χ1n) is 7.26. The molecule has 19 heavy (non-hydrogen) atoms. The highest BCUT2D eigenvalue weighted by Crippen LogP contribution is 2.30. The zero-order valence-electron chi connectivity index (χ0n) is 11.1. The highest BCUT2D eigenvalue weighted by molar-refractivity contribution is 9.10. The van der Waals surface area contributed by atoms with Crippen LogP contribution in [0.15, 0.2) is 15.5 Å². The molecule has 0 aliphatic heterocycles. The predicted octanol–water partition coefficient (Wildman–Crippen LogP) is 3.16. The summed E-state index contributed by atoms with van der Waals surface area (Å²) in [6.07, 6.45) is 10.5. The fourth-order valence-corrected chi connectivity index (χ4v) is 3.13. The Morgan fingerprint density at radius 3 is 2.68 bits per heavy atom. The highest BCUT2D eigenvalue weighted by Gasteiger charge is 2.23. The van der Waals surface area contributed by atoms with Crippen molar-refractivity contribution in [3.05, 3.63) is 21.0 Å². The molecule has 0 spiro atoms. The van der Waals surface area contributed by atoms with Crippen LogP contribution in [-0.4, -0.2) is 15.8 Å². The first-order chi connectivity index (χ1) is 9.24. The molecule has 0 unspecified atom stereocenters. The van der Waals surface area contributed by atoms with E-state index >= 15 is 0 Å². The van der Waals surface area contributed by atoms with Crippen molar-refractivity contribution < 1.29 is 0 Å². The van der Waals surface area contributed by atoms with Crippen molar-refractivity contribution in [1.29, 1.82) is 0 Å². The monoisotopic (exact) mass is 325 g/mol. The van der Waals surface area contributed by atoms with Crippen molar-refractivity contribution in [2.45, 2.75) is 57.5 Å². The molecule has 0 bridgehead atoms. The number of nitrogens with one attached hydrogen (secondary N) is 1.